The minimum atomic E-state index is -4.42. The van der Waals surface area contributed by atoms with Crippen LogP contribution in [0.15, 0.2) is 30.6 Å². The number of aliphatic hydroxyl groups is 1. The van der Waals surface area contributed by atoms with E-state index in [-0.39, 0.29) is 37.2 Å². The molecule has 0 bridgehead atoms. The number of hydrogen-bond acceptors (Lipinski definition) is 7. The number of likely N-dealkylation sites (tertiary alicyclic amines) is 1. The average Bonchev–Trinajstić information content (AvgIpc) is 2.77. The average molecular weight is 484 g/mol. The Hall–Kier alpha value is -2.99. The van der Waals surface area contributed by atoms with Crippen LogP contribution in [0.2, 0.25) is 0 Å². The quantitative estimate of drug-likeness (QED) is 0.469. The lowest BCUT2D eigenvalue weighted by molar-refractivity contribution is -0.137. The van der Waals surface area contributed by atoms with Crippen LogP contribution in [0.25, 0.3) is 0 Å². The minimum absolute atomic E-state index is 0.0247. The van der Waals surface area contributed by atoms with Gasteiger partial charge in [0.15, 0.2) is 11.6 Å². The second-order valence-electron chi connectivity index (χ2n) is 8.27. The summed E-state index contributed by atoms with van der Waals surface area (Å²) in [7, 11) is 0. The van der Waals surface area contributed by atoms with Crippen molar-refractivity contribution in [2.24, 2.45) is 11.7 Å². The number of amides is 1. The number of β-amino-alcohol motifs (C(OH)–C–C–N with tert-alkyl or cyclic N) is 1. The van der Waals surface area contributed by atoms with E-state index in [2.05, 4.69) is 15.3 Å². The van der Waals surface area contributed by atoms with E-state index in [1.807, 2.05) is 0 Å². The van der Waals surface area contributed by atoms with Crippen molar-refractivity contribution in [2.75, 3.05) is 42.9 Å². The summed E-state index contributed by atoms with van der Waals surface area (Å²) in [6.45, 7) is 3.54. The Morgan fingerprint density at radius 2 is 2.00 bits per heavy atom. The number of nitrogens with one attached hydrogen (secondary N) is 1. The van der Waals surface area contributed by atoms with Gasteiger partial charge in [0.1, 0.15) is 6.33 Å². The zero-order valence-electron chi connectivity index (χ0n) is 18.7. The van der Waals surface area contributed by atoms with Crippen LogP contribution in [-0.4, -0.2) is 64.7 Å². The number of nitrogens with zero attached hydrogens (tertiary/aromatic N) is 4. The highest BCUT2D eigenvalue weighted by atomic mass is 19.4. The highest BCUT2D eigenvalue weighted by molar-refractivity contribution is 5.75. The predicted octanol–water partition coefficient (Wildman–Crippen LogP) is 2.24. The molecule has 1 unspecified atom stereocenters. The molecule has 1 fully saturated rings. The first-order valence-electron chi connectivity index (χ1n) is 10.9. The number of halogens is 4. The topological polar surface area (TPSA) is 108 Å². The van der Waals surface area contributed by atoms with Gasteiger partial charge in [-0.3, -0.25) is 9.69 Å². The van der Waals surface area contributed by atoms with E-state index >= 15 is 4.39 Å². The highest BCUT2D eigenvalue weighted by Crippen LogP contribution is 2.30. The normalized spacial score (nSPS) is 19.1. The van der Waals surface area contributed by atoms with Gasteiger partial charge in [0.2, 0.25) is 11.7 Å². The van der Waals surface area contributed by atoms with Crippen molar-refractivity contribution in [1.82, 2.24) is 14.9 Å². The predicted molar refractivity (Wildman–Crippen MR) is 118 cm³/mol. The van der Waals surface area contributed by atoms with Gasteiger partial charge >= 0.3 is 6.18 Å². The van der Waals surface area contributed by atoms with Gasteiger partial charge in [-0.15, -0.1) is 0 Å². The van der Waals surface area contributed by atoms with Gasteiger partial charge < -0.3 is 21.1 Å². The third-order valence-electron chi connectivity index (χ3n) is 5.82. The fraction of sp³-hybridized carbons (Fsp3) is 0.500. The number of nitrogens with two attached hydrogens (primary N) is 1. The molecule has 1 aliphatic rings. The summed E-state index contributed by atoms with van der Waals surface area (Å²) in [6.07, 6.45) is -3.33. The molecule has 4 N–H and O–H groups in total. The van der Waals surface area contributed by atoms with E-state index in [9.17, 15) is 23.1 Å². The molecule has 1 aliphatic heterocycles. The number of rotatable bonds is 9. The fourth-order valence-electron chi connectivity index (χ4n) is 3.94. The SMILES string of the molecule is CCN(Cc1ccc(C(F)(F)F)cc1)c1ncnc(NCC2CCN(CC(N)=O)C[C@@H]2O)c1F. The van der Waals surface area contributed by atoms with Crippen molar-refractivity contribution in [3.05, 3.63) is 47.5 Å². The molecule has 0 radical (unpaired) electrons. The summed E-state index contributed by atoms with van der Waals surface area (Å²) in [6, 6.07) is 4.70. The van der Waals surface area contributed by atoms with Crippen LogP contribution in [0.4, 0.5) is 29.2 Å². The lowest BCUT2D eigenvalue weighted by Gasteiger charge is -2.35. The zero-order chi connectivity index (χ0) is 24.9. The summed E-state index contributed by atoms with van der Waals surface area (Å²) in [5.41, 5.74) is 5.03. The van der Waals surface area contributed by atoms with Crippen LogP contribution in [-0.2, 0) is 17.5 Å². The van der Waals surface area contributed by atoms with E-state index in [0.717, 1.165) is 12.1 Å². The first-order valence-corrected chi connectivity index (χ1v) is 10.9. The number of aliphatic hydroxyl groups excluding tert-OH is 1. The molecule has 186 valence electrons. The Balaban J connectivity index is 1.64. The van der Waals surface area contributed by atoms with Crippen molar-refractivity contribution >= 4 is 17.5 Å². The van der Waals surface area contributed by atoms with Crippen molar-refractivity contribution < 1.29 is 27.5 Å². The monoisotopic (exact) mass is 484 g/mol. The van der Waals surface area contributed by atoms with Gasteiger partial charge in [-0.05, 0) is 37.6 Å². The second kappa shape index (κ2) is 11.0. The van der Waals surface area contributed by atoms with Gasteiger partial charge in [-0.25, -0.2) is 9.97 Å². The Kier molecular flexibility index (Phi) is 8.26. The van der Waals surface area contributed by atoms with E-state index in [0.29, 0.717) is 31.6 Å². The van der Waals surface area contributed by atoms with Gasteiger partial charge in [0, 0.05) is 32.1 Å². The maximum absolute atomic E-state index is 15.2. The van der Waals surface area contributed by atoms with Crippen LogP contribution < -0.4 is 16.0 Å². The molecule has 0 spiro atoms. The number of carbonyl (C=O) groups is 1. The van der Waals surface area contributed by atoms with Crippen molar-refractivity contribution in [3.63, 3.8) is 0 Å². The summed E-state index contributed by atoms with van der Waals surface area (Å²) in [4.78, 5) is 22.4. The van der Waals surface area contributed by atoms with Gasteiger partial charge in [-0.1, -0.05) is 12.1 Å². The third-order valence-corrected chi connectivity index (χ3v) is 5.82. The number of hydrogen-bond donors (Lipinski definition) is 3. The molecule has 1 amide bonds. The van der Waals surface area contributed by atoms with Crippen LogP contribution in [0, 0.1) is 11.7 Å². The molecule has 2 heterocycles. The van der Waals surface area contributed by atoms with Crippen LogP contribution in [0.5, 0.6) is 0 Å². The van der Waals surface area contributed by atoms with E-state index < -0.39 is 29.6 Å². The van der Waals surface area contributed by atoms with E-state index in [1.165, 1.54) is 18.5 Å². The third kappa shape index (κ3) is 6.54. The van der Waals surface area contributed by atoms with E-state index in [1.54, 1.807) is 16.7 Å². The molecule has 0 aliphatic carbocycles. The molecule has 2 aromatic rings. The minimum Gasteiger partial charge on any atom is -0.391 e. The lowest BCUT2D eigenvalue weighted by Crippen LogP contribution is -2.48. The van der Waals surface area contributed by atoms with Crippen LogP contribution in [0.1, 0.15) is 24.5 Å². The summed E-state index contributed by atoms with van der Waals surface area (Å²) >= 11 is 0. The standard InChI is InChI=1S/C22H28F4N6O2/c1-2-32(10-14-3-5-16(6-4-14)22(24,25)26)21-19(23)20(29-13-30-21)28-9-15-7-8-31(11-17(15)33)12-18(27)34/h3-6,13,15,17,33H,2,7-12H2,1H3,(H2,27,34)(H,28,29,30)/t15?,17-/m0/s1. The number of anilines is 2. The number of piperidine rings is 1. The van der Waals surface area contributed by atoms with Gasteiger partial charge in [0.05, 0.1) is 18.2 Å². The smallest absolute Gasteiger partial charge is 0.391 e. The number of aromatic nitrogens is 2. The zero-order valence-corrected chi connectivity index (χ0v) is 18.7. The van der Waals surface area contributed by atoms with Crippen LogP contribution >= 0.6 is 0 Å². The van der Waals surface area contributed by atoms with Crippen molar-refractivity contribution in [2.45, 2.75) is 32.2 Å². The first kappa shape index (κ1) is 25.6. The highest BCUT2D eigenvalue weighted by Gasteiger charge is 2.30. The molecule has 1 aromatic carbocycles. The molecule has 2 atom stereocenters. The molecular formula is C22H28F4N6O2. The van der Waals surface area contributed by atoms with Crippen LogP contribution in [0.3, 0.4) is 0 Å². The molecular weight excluding hydrogens is 456 g/mol. The maximum Gasteiger partial charge on any atom is 0.416 e. The lowest BCUT2D eigenvalue weighted by atomic mass is 9.93. The largest absolute Gasteiger partial charge is 0.416 e. The summed E-state index contributed by atoms with van der Waals surface area (Å²) in [5, 5.41) is 13.3. The van der Waals surface area contributed by atoms with Crippen molar-refractivity contribution in [1.29, 1.82) is 0 Å². The second-order valence-corrected chi connectivity index (χ2v) is 8.27. The Bertz CT molecular complexity index is 973. The number of carbonyl (C=O) groups excluding carboxylic acids is 1. The molecule has 3 rings (SSSR count). The van der Waals surface area contributed by atoms with Gasteiger partial charge in [0.25, 0.3) is 0 Å². The molecule has 12 heteroatoms. The Morgan fingerprint density at radius 3 is 2.59 bits per heavy atom. The summed E-state index contributed by atoms with van der Waals surface area (Å²) < 4.78 is 53.6. The maximum atomic E-state index is 15.2. The molecule has 34 heavy (non-hydrogen) atoms. The number of benzene rings is 1. The Morgan fingerprint density at radius 1 is 1.29 bits per heavy atom. The first-order chi connectivity index (χ1) is 16.1. The molecule has 1 aromatic heterocycles. The molecule has 0 saturated carbocycles. The number of alkyl halides is 3. The Labute approximate surface area is 194 Å². The molecule has 1 saturated heterocycles. The van der Waals surface area contributed by atoms with E-state index in [4.69, 9.17) is 5.73 Å². The van der Waals surface area contributed by atoms with Gasteiger partial charge in [-0.2, -0.15) is 17.6 Å². The summed E-state index contributed by atoms with van der Waals surface area (Å²) in [5.74, 6) is -1.32. The number of primary amides is 1. The molecule has 8 nitrogen and oxygen atoms in total. The van der Waals surface area contributed by atoms with Crippen molar-refractivity contribution in [3.8, 4) is 0 Å². The fourth-order valence-corrected chi connectivity index (χ4v) is 3.94.